The summed E-state index contributed by atoms with van der Waals surface area (Å²) in [5.41, 5.74) is 1.73. The van der Waals surface area contributed by atoms with Crippen molar-refractivity contribution in [3.63, 3.8) is 0 Å². The number of hydrogen-bond donors (Lipinski definition) is 1. The molecule has 0 saturated heterocycles. The molecule has 0 unspecified atom stereocenters. The van der Waals surface area contributed by atoms with Gasteiger partial charge in [-0.15, -0.1) is 0 Å². The van der Waals surface area contributed by atoms with Crippen LogP contribution in [0, 0.1) is 4.77 Å². The highest BCUT2D eigenvalue weighted by Gasteiger charge is 2.11. The van der Waals surface area contributed by atoms with E-state index >= 15 is 0 Å². The van der Waals surface area contributed by atoms with Gasteiger partial charge in [-0.2, -0.15) is 14.9 Å². The van der Waals surface area contributed by atoms with E-state index in [2.05, 4.69) is 21.4 Å². The number of aromatic amines is 1. The van der Waals surface area contributed by atoms with E-state index in [1.807, 2.05) is 61.5 Å². The average molecular weight is 404 g/mol. The predicted octanol–water partition coefficient (Wildman–Crippen LogP) is 5.05. The molecule has 29 heavy (non-hydrogen) atoms. The Morgan fingerprint density at radius 1 is 1.14 bits per heavy atom. The van der Waals surface area contributed by atoms with Crippen LogP contribution in [0.3, 0.4) is 0 Å². The van der Waals surface area contributed by atoms with Crippen LogP contribution in [0.1, 0.15) is 12.5 Å². The van der Waals surface area contributed by atoms with Gasteiger partial charge in [-0.25, -0.2) is 5.10 Å². The Morgan fingerprint density at radius 3 is 2.83 bits per heavy atom. The predicted molar refractivity (Wildman–Crippen MR) is 118 cm³/mol. The first-order valence-corrected chi connectivity index (χ1v) is 9.63. The maximum Gasteiger partial charge on any atom is 0.216 e. The van der Waals surface area contributed by atoms with Crippen molar-refractivity contribution in [2.24, 2.45) is 5.10 Å². The molecule has 0 aliphatic carbocycles. The number of nitrogens with one attached hydrogen (secondary N) is 1. The Bertz CT molecular complexity index is 1240. The van der Waals surface area contributed by atoms with Crippen molar-refractivity contribution in [3.8, 4) is 22.9 Å². The summed E-state index contributed by atoms with van der Waals surface area (Å²) in [7, 11) is 1.65. The van der Waals surface area contributed by atoms with E-state index < -0.39 is 0 Å². The molecule has 7 heteroatoms. The van der Waals surface area contributed by atoms with Crippen molar-refractivity contribution in [2.45, 2.75) is 6.92 Å². The van der Waals surface area contributed by atoms with E-state index in [0.717, 1.165) is 33.4 Å². The van der Waals surface area contributed by atoms with Crippen LogP contribution in [0.4, 0.5) is 0 Å². The van der Waals surface area contributed by atoms with Crippen molar-refractivity contribution in [1.29, 1.82) is 0 Å². The third-order valence-electron chi connectivity index (χ3n) is 4.51. The number of H-pyrrole nitrogens is 1. The third kappa shape index (κ3) is 3.77. The van der Waals surface area contributed by atoms with Crippen molar-refractivity contribution in [1.82, 2.24) is 14.9 Å². The van der Waals surface area contributed by atoms with E-state index in [1.54, 1.807) is 18.0 Å². The molecule has 146 valence electrons. The maximum atomic E-state index is 5.59. The topological polar surface area (TPSA) is 64.4 Å². The molecule has 0 aliphatic rings. The van der Waals surface area contributed by atoms with Crippen LogP contribution in [-0.4, -0.2) is 34.8 Å². The Balaban J connectivity index is 1.80. The lowest BCUT2D eigenvalue weighted by Gasteiger charge is -2.09. The van der Waals surface area contributed by atoms with E-state index in [-0.39, 0.29) is 0 Å². The average Bonchev–Trinajstić information content (AvgIpc) is 3.12. The van der Waals surface area contributed by atoms with Gasteiger partial charge in [0.05, 0.1) is 19.9 Å². The molecule has 0 spiro atoms. The van der Waals surface area contributed by atoms with Gasteiger partial charge in [0.25, 0.3) is 0 Å². The van der Waals surface area contributed by atoms with Crippen molar-refractivity contribution in [2.75, 3.05) is 13.7 Å². The summed E-state index contributed by atoms with van der Waals surface area (Å²) in [4.78, 5) is 0. The highest BCUT2D eigenvalue weighted by Crippen LogP contribution is 2.27. The maximum absolute atomic E-state index is 5.59. The molecular weight excluding hydrogens is 384 g/mol. The van der Waals surface area contributed by atoms with E-state index in [0.29, 0.717) is 17.2 Å². The zero-order chi connectivity index (χ0) is 20.2. The summed E-state index contributed by atoms with van der Waals surface area (Å²) >= 11 is 5.40. The zero-order valence-electron chi connectivity index (χ0n) is 16.1. The first kappa shape index (κ1) is 18.9. The van der Waals surface area contributed by atoms with Gasteiger partial charge < -0.3 is 9.47 Å². The van der Waals surface area contributed by atoms with Crippen LogP contribution in [0.15, 0.2) is 65.8 Å². The van der Waals surface area contributed by atoms with Crippen LogP contribution >= 0.6 is 12.2 Å². The largest absolute Gasteiger partial charge is 0.496 e. The minimum atomic E-state index is 0.400. The van der Waals surface area contributed by atoms with Crippen molar-refractivity contribution < 1.29 is 9.47 Å². The highest BCUT2D eigenvalue weighted by atomic mass is 32.1. The smallest absolute Gasteiger partial charge is 0.216 e. The summed E-state index contributed by atoms with van der Waals surface area (Å²) in [6.07, 6.45) is 1.75. The number of ether oxygens (including phenoxy) is 2. The zero-order valence-corrected chi connectivity index (χ0v) is 16.9. The summed E-state index contributed by atoms with van der Waals surface area (Å²) < 4.78 is 13.1. The minimum Gasteiger partial charge on any atom is -0.496 e. The standard InChI is InChI=1S/C22H20N4O2S/c1-3-28-17-9-6-8-16(13-17)21-24-25-22(29)26(21)23-14-19-18-10-5-4-7-15(18)11-12-20(19)27-2/h4-14H,3H2,1-2H3,(H,25,29)/b23-14-. The van der Waals surface area contributed by atoms with Crippen LogP contribution in [0.2, 0.25) is 0 Å². The van der Waals surface area contributed by atoms with Gasteiger partial charge in [-0.3, -0.25) is 0 Å². The third-order valence-corrected chi connectivity index (χ3v) is 4.77. The van der Waals surface area contributed by atoms with Gasteiger partial charge in [0.1, 0.15) is 11.5 Å². The van der Waals surface area contributed by atoms with Gasteiger partial charge in [0.2, 0.25) is 4.77 Å². The molecule has 1 aromatic heterocycles. The molecule has 0 aliphatic heterocycles. The normalized spacial score (nSPS) is 11.2. The second-order valence-corrected chi connectivity index (χ2v) is 6.66. The molecule has 1 N–H and O–H groups in total. The Hall–Kier alpha value is -3.45. The van der Waals surface area contributed by atoms with Gasteiger partial charge in [-0.1, -0.05) is 42.5 Å². The number of hydrogen-bond acceptors (Lipinski definition) is 5. The van der Waals surface area contributed by atoms with Gasteiger partial charge >= 0.3 is 0 Å². The fourth-order valence-corrected chi connectivity index (χ4v) is 3.36. The van der Waals surface area contributed by atoms with Gasteiger partial charge in [-0.05, 0) is 48.1 Å². The molecule has 3 aromatic carbocycles. The molecular formula is C22H20N4O2S. The van der Waals surface area contributed by atoms with Gasteiger partial charge in [0, 0.05) is 11.1 Å². The minimum absolute atomic E-state index is 0.400. The SMILES string of the molecule is CCOc1cccc(-c2n[nH]c(=S)n2/N=C\c2c(OC)ccc3ccccc23)c1. The Morgan fingerprint density at radius 2 is 2.00 bits per heavy atom. The molecule has 0 saturated carbocycles. The Kier molecular flexibility index (Phi) is 5.39. The van der Waals surface area contributed by atoms with Gasteiger partial charge in [0.15, 0.2) is 5.82 Å². The van der Waals surface area contributed by atoms with Crippen LogP contribution in [-0.2, 0) is 0 Å². The fraction of sp³-hybridized carbons (Fsp3) is 0.136. The van der Waals surface area contributed by atoms with Crippen molar-refractivity contribution >= 4 is 29.2 Å². The molecule has 4 rings (SSSR count). The number of aromatic nitrogens is 3. The number of rotatable bonds is 6. The second-order valence-electron chi connectivity index (χ2n) is 6.27. The number of benzene rings is 3. The molecule has 0 atom stereocenters. The van der Waals surface area contributed by atoms with E-state index in [4.69, 9.17) is 21.7 Å². The molecule has 0 fully saturated rings. The molecule has 4 aromatic rings. The fourth-order valence-electron chi connectivity index (χ4n) is 3.18. The van der Waals surface area contributed by atoms with E-state index in [9.17, 15) is 0 Å². The first-order valence-electron chi connectivity index (χ1n) is 9.22. The summed E-state index contributed by atoms with van der Waals surface area (Å²) in [6.45, 7) is 2.54. The molecule has 0 radical (unpaired) electrons. The lowest BCUT2D eigenvalue weighted by molar-refractivity contribution is 0.340. The number of nitrogens with zero attached hydrogens (tertiary/aromatic N) is 3. The molecule has 6 nitrogen and oxygen atoms in total. The van der Waals surface area contributed by atoms with E-state index in [1.165, 1.54) is 0 Å². The lowest BCUT2D eigenvalue weighted by atomic mass is 10.0. The Labute approximate surface area is 173 Å². The number of methoxy groups -OCH3 is 1. The second kappa shape index (κ2) is 8.28. The number of fused-ring (bicyclic) bond motifs is 1. The van der Waals surface area contributed by atoms with Crippen LogP contribution in [0.25, 0.3) is 22.2 Å². The summed E-state index contributed by atoms with van der Waals surface area (Å²) in [5.74, 6) is 2.11. The monoisotopic (exact) mass is 404 g/mol. The molecule has 1 heterocycles. The lowest BCUT2D eigenvalue weighted by Crippen LogP contribution is -1.98. The summed E-state index contributed by atoms with van der Waals surface area (Å²) in [5, 5.41) is 13.9. The van der Waals surface area contributed by atoms with Crippen LogP contribution < -0.4 is 9.47 Å². The first-order chi connectivity index (χ1) is 14.2. The highest BCUT2D eigenvalue weighted by molar-refractivity contribution is 7.71. The van der Waals surface area contributed by atoms with Crippen LogP contribution in [0.5, 0.6) is 11.5 Å². The molecule has 0 bridgehead atoms. The van der Waals surface area contributed by atoms with Crippen molar-refractivity contribution in [3.05, 3.63) is 71.0 Å². The quantitative estimate of drug-likeness (QED) is 0.361. The molecule has 0 amide bonds. The summed E-state index contributed by atoms with van der Waals surface area (Å²) in [6, 6.07) is 19.7.